The highest BCUT2D eigenvalue weighted by Crippen LogP contribution is 2.21. The lowest BCUT2D eigenvalue weighted by Crippen LogP contribution is -2.17. The maximum Gasteiger partial charge on any atom is 0.316 e. The van der Waals surface area contributed by atoms with Crippen LogP contribution in [-0.2, 0) is 6.54 Å². The zero-order chi connectivity index (χ0) is 12.1. The average molecular weight is 235 g/mol. The minimum Gasteiger partial charge on any atom is -0.460 e. The third-order valence-corrected chi connectivity index (χ3v) is 3.35. The van der Waals surface area contributed by atoms with Crippen molar-refractivity contribution in [2.75, 3.05) is 0 Å². The number of ether oxygens (including phenoxy) is 1. The van der Waals surface area contributed by atoms with Gasteiger partial charge in [-0.15, -0.1) is 0 Å². The molecule has 0 aromatic carbocycles. The number of nitrogens with two attached hydrogens (primary N) is 1. The Morgan fingerprint density at radius 3 is 2.59 bits per heavy atom. The fourth-order valence-electron chi connectivity index (χ4n) is 2.24. The van der Waals surface area contributed by atoms with E-state index in [9.17, 15) is 0 Å². The summed E-state index contributed by atoms with van der Waals surface area (Å²) < 4.78 is 5.85. The van der Waals surface area contributed by atoms with Gasteiger partial charge in [-0.2, -0.15) is 0 Å². The lowest BCUT2D eigenvalue weighted by molar-refractivity contribution is 0.167. The van der Waals surface area contributed by atoms with Crippen LogP contribution in [0.3, 0.4) is 0 Å². The lowest BCUT2D eigenvalue weighted by Gasteiger charge is -2.15. The number of hydrogen-bond donors (Lipinski definition) is 1. The molecule has 94 valence electrons. The van der Waals surface area contributed by atoms with Crippen LogP contribution in [0, 0.1) is 6.92 Å². The van der Waals surface area contributed by atoms with Gasteiger partial charge in [0.1, 0.15) is 6.10 Å². The normalized spacial score (nSPS) is 17.8. The molecule has 0 aliphatic heterocycles. The predicted molar refractivity (Wildman–Crippen MR) is 66.8 cm³/mol. The van der Waals surface area contributed by atoms with Crippen molar-refractivity contribution in [3.63, 3.8) is 0 Å². The Balaban J connectivity index is 1.99. The van der Waals surface area contributed by atoms with Crippen molar-refractivity contribution >= 4 is 0 Å². The van der Waals surface area contributed by atoms with E-state index in [-0.39, 0.29) is 0 Å². The summed E-state index contributed by atoms with van der Waals surface area (Å²) in [5.41, 5.74) is 7.49. The Bertz CT molecular complexity index is 360. The summed E-state index contributed by atoms with van der Waals surface area (Å²) in [4.78, 5) is 8.58. The first-order valence-electron chi connectivity index (χ1n) is 6.49. The molecule has 1 saturated carbocycles. The summed E-state index contributed by atoms with van der Waals surface area (Å²) in [5.74, 6) is 0. The molecule has 0 radical (unpaired) electrons. The summed E-state index contributed by atoms with van der Waals surface area (Å²) in [5, 5.41) is 0. The number of nitrogens with zero attached hydrogens (tertiary/aromatic N) is 2. The van der Waals surface area contributed by atoms with Gasteiger partial charge in [-0.05, 0) is 32.6 Å². The summed E-state index contributed by atoms with van der Waals surface area (Å²) in [7, 11) is 0. The highest BCUT2D eigenvalue weighted by molar-refractivity contribution is 5.17. The minimum atomic E-state index is 0.292. The highest BCUT2D eigenvalue weighted by Gasteiger charge is 2.15. The summed E-state index contributed by atoms with van der Waals surface area (Å²) in [6, 6.07) is 0.506. The van der Waals surface area contributed by atoms with E-state index in [1.807, 2.05) is 6.92 Å². The third-order valence-electron chi connectivity index (χ3n) is 3.35. The zero-order valence-corrected chi connectivity index (χ0v) is 10.5. The van der Waals surface area contributed by atoms with Crippen LogP contribution in [0.15, 0.2) is 6.20 Å². The van der Waals surface area contributed by atoms with Crippen LogP contribution in [0.5, 0.6) is 6.01 Å². The number of rotatable bonds is 3. The Hall–Kier alpha value is -1.16. The molecule has 1 aliphatic rings. The van der Waals surface area contributed by atoms with Gasteiger partial charge in [-0.25, -0.2) is 9.97 Å². The van der Waals surface area contributed by atoms with Gasteiger partial charge in [0, 0.05) is 24.0 Å². The predicted octanol–water partition coefficient (Wildman–Crippen LogP) is 2.35. The van der Waals surface area contributed by atoms with E-state index in [0.29, 0.717) is 18.7 Å². The molecular weight excluding hydrogens is 214 g/mol. The van der Waals surface area contributed by atoms with Crippen LogP contribution in [0.4, 0.5) is 0 Å². The van der Waals surface area contributed by atoms with E-state index in [4.69, 9.17) is 10.5 Å². The van der Waals surface area contributed by atoms with Crippen LogP contribution in [-0.4, -0.2) is 16.1 Å². The van der Waals surface area contributed by atoms with Crippen LogP contribution >= 0.6 is 0 Å². The van der Waals surface area contributed by atoms with E-state index in [0.717, 1.165) is 24.1 Å². The van der Waals surface area contributed by atoms with Crippen molar-refractivity contribution in [1.82, 2.24) is 9.97 Å². The van der Waals surface area contributed by atoms with Gasteiger partial charge in [-0.3, -0.25) is 0 Å². The fourth-order valence-corrected chi connectivity index (χ4v) is 2.24. The van der Waals surface area contributed by atoms with Gasteiger partial charge in [0.15, 0.2) is 0 Å². The molecule has 0 saturated heterocycles. The lowest BCUT2D eigenvalue weighted by atomic mass is 10.1. The van der Waals surface area contributed by atoms with Crippen LogP contribution in [0.2, 0.25) is 0 Å². The maximum atomic E-state index is 5.85. The number of aryl methyl sites for hydroxylation is 1. The second kappa shape index (κ2) is 5.96. The van der Waals surface area contributed by atoms with E-state index >= 15 is 0 Å². The molecule has 0 spiro atoms. The Morgan fingerprint density at radius 2 is 2.00 bits per heavy atom. The Morgan fingerprint density at radius 1 is 1.29 bits per heavy atom. The molecule has 2 N–H and O–H groups in total. The van der Waals surface area contributed by atoms with Gasteiger partial charge in [0.25, 0.3) is 0 Å². The minimum absolute atomic E-state index is 0.292. The molecule has 0 amide bonds. The van der Waals surface area contributed by atoms with E-state index in [1.165, 1.54) is 25.7 Å². The number of hydrogen-bond acceptors (Lipinski definition) is 4. The first kappa shape index (κ1) is 12.3. The first-order chi connectivity index (χ1) is 8.29. The first-order valence-corrected chi connectivity index (χ1v) is 6.49. The quantitative estimate of drug-likeness (QED) is 0.817. The molecule has 2 rings (SSSR count). The number of aromatic nitrogens is 2. The molecule has 1 fully saturated rings. The zero-order valence-electron chi connectivity index (χ0n) is 10.5. The van der Waals surface area contributed by atoms with Crippen molar-refractivity contribution in [3.8, 4) is 6.01 Å². The second-order valence-corrected chi connectivity index (χ2v) is 4.70. The van der Waals surface area contributed by atoms with Crippen LogP contribution in [0.25, 0.3) is 0 Å². The third kappa shape index (κ3) is 3.40. The summed E-state index contributed by atoms with van der Waals surface area (Å²) >= 11 is 0. The van der Waals surface area contributed by atoms with Gasteiger partial charge in [0.05, 0.1) is 0 Å². The van der Waals surface area contributed by atoms with Crippen LogP contribution in [0.1, 0.15) is 49.8 Å². The Labute approximate surface area is 103 Å². The maximum absolute atomic E-state index is 5.85. The molecule has 17 heavy (non-hydrogen) atoms. The van der Waals surface area contributed by atoms with Gasteiger partial charge < -0.3 is 10.5 Å². The Kier molecular flexibility index (Phi) is 4.31. The topological polar surface area (TPSA) is 61.0 Å². The summed E-state index contributed by atoms with van der Waals surface area (Å²) in [6.07, 6.45) is 9.48. The molecule has 1 aromatic rings. The molecule has 0 unspecified atom stereocenters. The second-order valence-electron chi connectivity index (χ2n) is 4.70. The molecule has 0 atom stereocenters. The molecule has 0 bridgehead atoms. The van der Waals surface area contributed by atoms with Crippen molar-refractivity contribution in [3.05, 3.63) is 17.5 Å². The molecule has 1 aliphatic carbocycles. The van der Waals surface area contributed by atoms with Gasteiger partial charge >= 0.3 is 6.01 Å². The van der Waals surface area contributed by atoms with Crippen molar-refractivity contribution in [2.45, 2.75) is 58.1 Å². The average Bonchev–Trinajstić information content (AvgIpc) is 2.58. The van der Waals surface area contributed by atoms with E-state index in [1.54, 1.807) is 6.20 Å². The SMILES string of the molecule is Cc1nc(OC2CCCCCC2)ncc1CN. The standard InChI is InChI=1S/C13H21N3O/c1-10-11(8-14)9-15-13(16-10)17-12-6-4-2-3-5-7-12/h9,12H,2-8,14H2,1H3. The monoisotopic (exact) mass is 235 g/mol. The molecular formula is C13H21N3O. The molecule has 1 aromatic heterocycles. The van der Waals surface area contributed by atoms with Gasteiger partial charge in [-0.1, -0.05) is 12.8 Å². The largest absolute Gasteiger partial charge is 0.460 e. The molecule has 4 heteroatoms. The summed E-state index contributed by atoms with van der Waals surface area (Å²) in [6.45, 7) is 2.43. The van der Waals surface area contributed by atoms with Crippen molar-refractivity contribution < 1.29 is 4.74 Å². The van der Waals surface area contributed by atoms with Gasteiger partial charge in [0.2, 0.25) is 0 Å². The molecule has 1 heterocycles. The smallest absolute Gasteiger partial charge is 0.316 e. The molecule has 4 nitrogen and oxygen atoms in total. The fraction of sp³-hybridized carbons (Fsp3) is 0.692. The van der Waals surface area contributed by atoms with E-state index in [2.05, 4.69) is 9.97 Å². The van der Waals surface area contributed by atoms with Crippen molar-refractivity contribution in [2.24, 2.45) is 5.73 Å². The van der Waals surface area contributed by atoms with Crippen LogP contribution < -0.4 is 10.5 Å². The van der Waals surface area contributed by atoms with Crippen molar-refractivity contribution in [1.29, 1.82) is 0 Å². The van der Waals surface area contributed by atoms with E-state index < -0.39 is 0 Å². The highest BCUT2D eigenvalue weighted by atomic mass is 16.5.